The Morgan fingerprint density at radius 2 is 2.05 bits per heavy atom. The minimum Gasteiger partial charge on any atom is -0.469 e. The van der Waals surface area contributed by atoms with E-state index in [9.17, 15) is 14.4 Å². The normalized spacial score (nSPS) is 19.6. The van der Waals surface area contributed by atoms with Gasteiger partial charge in [0.25, 0.3) is 0 Å². The molecule has 0 saturated carbocycles. The molecule has 0 aromatic carbocycles. The Bertz CT molecular complexity index is 339. The van der Waals surface area contributed by atoms with E-state index in [0.29, 0.717) is 0 Å². The van der Waals surface area contributed by atoms with Crippen molar-refractivity contribution in [3.63, 3.8) is 0 Å². The Balaban J connectivity index is 2.47. The number of methoxy groups -OCH3 is 2. The molecule has 0 radical (unpaired) electrons. The summed E-state index contributed by atoms with van der Waals surface area (Å²) in [5.74, 6) is -1.51. The van der Waals surface area contributed by atoms with E-state index in [-0.39, 0.29) is 24.8 Å². The average molecular weight is 272 g/mol. The molecule has 1 heterocycles. The summed E-state index contributed by atoms with van der Waals surface area (Å²) in [7, 11) is 2.43. The van der Waals surface area contributed by atoms with Crippen LogP contribution in [0.15, 0.2) is 0 Å². The Kier molecular flexibility index (Phi) is 6.27. The number of nitrogens with one attached hydrogen (secondary N) is 2. The molecule has 0 aromatic heterocycles. The van der Waals surface area contributed by atoms with E-state index in [2.05, 4.69) is 20.1 Å². The largest absolute Gasteiger partial charge is 0.469 e. The van der Waals surface area contributed by atoms with Crippen molar-refractivity contribution in [3.05, 3.63) is 0 Å². The van der Waals surface area contributed by atoms with Gasteiger partial charge in [0, 0.05) is 12.5 Å². The average Bonchev–Trinajstić information content (AvgIpc) is 2.89. The number of amides is 1. The van der Waals surface area contributed by atoms with Gasteiger partial charge in [-0.1, -0.05) is 0 Å². The maximum atomic E-state index is 11.8. The van der Waals surface area contributed by atoms with E-state index >= 15 is 0 Å². The first-order chi connectivity index (χ1) is 9.06. The second kappa shape index (κ2) is 7.73. The van der Waals surface area contributed by atoms with Gasteiger partial charge in [0.1, 0.15) is 6.04 Å². The molecule has 108 valence electrons. The molecule has 1 rings (SSSR count). The van der Waals surface area contributed by atoms with Crippen molar-refractivity contribution < 1.29 is 23.9 Å². The quantitative estimate of drug-likeness (QED) is 0.624. The minimum atomic E-state index is -0.994. The Morgan fingerprint density at radius 1 is 1.32 bits per heavy atom. The zero-order valence-corrected chi connectivity index (χ0v) is 11.2. The van der Waals surface area contributed by atoms with Gasteiger partial charge in [0.15, 0.2) is 0 Å². The van der Waals surface area contributed by atoms with Gasteiger partial charge in [0.2, 0.25) is 5.91 Å². The van der Waals surface area contributed by atoms with Gasteiger partial charge in [-0.15, -0.1) is 0 Å². The van der Waals surface area contributed by atoms with Crippen molar-refractivity contribution in [2.75, 3.05) is 20.8 Å². The summed E-state index contributed by atoms with van der Waals surface area (Å²) < 4.78 is 9.03. The van der Waals surface area contributed by atoms with Crippen LogP contribution in [-0.4, -0.2) is 50.7 Å². The van der Waals surface area contributed by atoms with Gasteiger partial charge in [-0.05, 0) is 19.4 Å². The lowest BCUT2D eigenvalue weighted by atomic mass is 10.1. The van der Waals surface area contributed by atoms with Crippen molar-refractivity contribution in [1.82, 2.24) is 10.6 Å². The second-order valence-electron chi connectivity index (χ2n) is 4.42. The SMILES string of the molecule is COC(=O)CC(NC(=O)CC1CCCN1)C(=O)OC. The third-order valence-electron chi connectivity index (χ3n) is 3.01. The molecular weight excluding hydrogens is 252 g/mol. The molecule has 7 heteroatoms. The number of esters is 2. The fourth-order valence-electron chi connectivity index (χ4n) is 1.99. The zero-order chi connectivity index (χ0) is 14.3. The summed E-state index contributed by atoms with van der Waals surface area (Å²) in [5, 5.41) is 5.69. The van der Waals surface area contributed by atoms with Crippen LogP contribution >= 0.6 is 0 Å². The second-order valence-corrected chi connectivity index (χ2v) is 4.42. The topological polar surface area (TPSA) is 93.7 Å². The summed E-state index contributed by atoms with van der Waals surface area (Å²) in [6.45, 7) is 0.903. The predicted octanol–water partition coefficient (Wildman–Crippen LogP) is -0.651. The predicted molar refractivity (Wildman–Crippen MR) is 66.2 cm³/mol. The highest BCUT2D eigenvalue weighted by atomic mass is 16.5. The molecule has 0 aromatic rings. The van der Waals surface area contributed by atoms with Crippen LogP contribution in [0.3, 0.4) is 0 Å². The van der Waals surface area contributed by atoms with Gasteiger partial charge >= 0.3 is 11.9 Å². The molecule has 2 unspecified atom stereocenters. The van der Waals surface area contributed by atoms with Crippen LogP contribution in [0.2, 0.25) is 0 Å². The molecule has 7 nitrogen and oxygen atoms in total. The molecule has 2 atom stereocenters. The number of hydrogen-bond donors (Lipinski definition) is 2. The summed E-state index contributed by atoms with van der Waals surface area (Å²) >= 11 is 0. The lowest BCUT2D eigenvalue weighted by molar-refractivity contribution is -0.150. The van der Waals surface area contributed by atoms with Crippen LogP contribution in [0.25, 0.3) is 0 Å². The van der Waals surface area contributed by atoms with Gasteiger partial charge in [0.05, 0.1) is 20.6 Å². The van der Waals surface area contributed by atoms with Crippen LogP contribution in [0.5, 0.6) is 0 Å². The number of rotatable bonds is 6. The summed E-state index contributed by atoms with van der Waals surface area (Å²) in [6.07, 6.45) is 2.04. The fourth-order valence-corrected chi connectivity index (χ4v) is 1.99. The van der Waals surface area contributed by atoms with Crippen molar-refractivity contribution >= 4 is 17.8 Å². The Hall–Kier alpha value is -1.63. The van der Waals surface area contributed by atoms with E-state index in [0.717, 1.165) is 19.4 Å². The van der Waals surface area contributed by atoms with Crippen molar-refractivity contribution in [3.8, 4) is 0 Å². The van der Waals surface area contributed by atoms with Gasteiger partial charge in [-0.2, -0.15) is 0 Å². The van der Waals surface area contributed by atoms with E-state index in [1.807, 2.05) is 0 Å². The molecule has 1 amide bonds. The number of ether oxygens (including phenoxy) is 2. The number of carbonyl (C=O) groups excluding carboxylic acids is 3. The van der Waals surface area contributed by atoms with Gasteiger partial charge < -0.3 is 20.1 Å². The smallest absolute Gasteiger partial charge is 0.328 e. The third kappa shape index (κ3) is 5.25. The highest BCUT2D eigenvalue weighted by Gasteiger charge is 2.26. The molecule has 2 N–H and O–H groups in total. The van der Waals surface area contributed by atoms with Gasteiger partial charge in [-0.25, -0.2) is 4.79 Å². The monoisotopic (exact) mass is 272 g/mol. The molecule has 0 bridgehead atoms. The number of hydrogen-bond acceptors (Lipinski definition) is 6. The molecule has 1 fully saturated rings. The maximum Gasteiger partial charge on any atom is 0.328 e. The molecule has 1 aliphatic heterocycles. The first kappa shape index (κ1) is 15.4. The molecule has 1 aliphatic rings. The lowest BCUT2D eigenvalue weighted by Crippen LogP contribution is -2.44. The van der Waals surface area contributed by atoms with Crippen molar-refractivity contribution in [1.29, 1.82) is 0 Å². The summed E-state index contributed by atoms with van der Waals surface area (Å²) in [6, 6.07) is -0.859. The first-order valence-electron chi connectivity index (χ1n) is 6.24. The van der Waals surface area contributed by atoms with E-state index in [1.165, 1.54) is 14.2 Å². The van der Waals surface area contributed by atoms with Crippen LogP contribution < -0.4 is 10.6 Å². The van der Waals surface area contributed by atoms with E-state index in [1.54, 1.807) is 0 Å². The van der Waals surface area contributed by atoms with Crippen molar-refractivity contribution in [2.45, 2.75) is 37.8 Å². The van der Waals surface area contributed by atoms with Gasteiger partial charge in [-0.3, -0.25) is 9.59 Å². The highest BCUT2D eigenvalue weighted by Crippen LogP contribution is 2.09. The van der Waals surface area contributed by atoms with E-state index in [4.69, 9.17) is 0 Å². The van der Waals surface area contributed by atoms with Crippen LogP contribution in [0, 0.1) is 0 Å². The van der Waals surface area contributed by atoms with Crippen LogP contribution in [0.1, 0.15) is 25.7 Å². The molecule has 19 heavy (non-hydrogen) atoms. The van der Waals surface area contributed by atoms with E-state index < -0.39 is 18.0 Å². The highest BCUT2D eigenvalue weighted by molar-refractivity contribution is 5.88. The molecule has 0 spiro atoms. The Morgan fingerprint density at radius 3 is 2.58 bits per heavy atom. The zero-order valence-electron chi connectivity index (χ0n) is 11.2. The lowest BCUT2D eigenvalue weighted by Gasteiger charge is -2.17. The van der Waals surface area contributed by atoms with Crippen LogP contribution in [0.4, 0.5) is 0 Å². The molecule has 1 saturated heterocycles. The Labute approximate surface area is 112 Å². The molecule has 0 aliphatic carbocycles. The number of carbonyl (C=O) groups is 3. The molecular formula is C12H20N2O5. The fraction of sp³-hybridized carbons (Fsp3) is 0.750. The minimum absolute atomic E-state index is 0.136. The maximum absolute atomic E-state index is 11.8. The summed E-state index contributed by atoms with van der Waals surface area (Å²) in [4.78, 5) is 34.4. The van der Waals surface area contributed by atoms with Crippen LogP contribution in [-0.2, 0) is 23.9 Å². The third-order valence-corrected chi connectivity index (χ3v) is 3.01. The standard InChI is InChI=1S/C12H20N2O5/c1-18-11(16)7-9(12(17)19-2)14-10(15)6-8-4-3-5-13-8/h8-9,13H,3-7H2,1-2H3,(H,14,15). The van der Waals surface area contributed by atoms with Crippen molar-refractivity contribution in [2.24, 2.45) is 0 Å². The first-order valence-corrected chi connectivity index (χ1v) is 6.24. The summed E-state index contributed by atoms with van der Waals surface area (Å²) in [5.41, 5.74) is 0.